The van der Waals surface area contributed by atoms with Crippen LogP contribution in [0.15, 0.2) is 38.6 Å². The molecule has 3 rings (SSSR count). The molecule has 29 heavy (non-hydrogen) atoms. The predicted molar refractivity (Wildman–Crippen MR) is 107 cm³/mol. The largest absolute Gasteiger partial charge is 0.497 e. The van der Waals surface area contributed by atoms with Crippen LogP contribution >= 0.6 is 0 Å². The van der Waals surface area contributed by atoms with Crippen molar-refractivity contribution in [1.29, 1.82) is 0 Å². The van der Waals surface area contributed by atoms with Crippen LogP contribution in [0.4, 0.5) is 5.69 Å². The number of methoxy groups -OCH3 is 2. The van der Waals surface area contributed by atoms with Gasteiger partial charge in [0, 0.05) is 33.3 Å². The summed E-state index contributed by atoms with van der Waals surface area (Å²) < 4.78 is 13.6. The van der Waals surface area contributed by atoms with Gasteiger partial charge in [-0.05, 0) is 12.1 Å². The highest BCUT2D eigenvalue weighted by molar-refractivity contribution is 6.12. The third-order valence-corrected chi connectivity index (χ3v) is 4.72. The third kappa shape index (κ3) is 3.18. The first-order valence-corrected chi connectivity index (χ1v) is 8.54. The van der Waals surface area contributed by atoms with Crippen LogP contribution in [0.25, 0.3) is 11.0 Å². The second-order valence-electron chi connectivity index (χ2n) is 6.38. The lowest BCUT2D eigenvalue weighted by atomic mass is 10.1. The highest BCUT2D eigenvalue weighted by Gasteiger charge is 2.21. The minimum Gasteiger partial charge on any atom is -0.497 e. The first-order valence-electron chi connectivity index (χ1n) is 8.54. The average molecular weight is 400 g/mol. The number of fused-ring (bicyclic) bond motifs is 1. The topological polar surface area (TPSA) is 114 Å². The molecular formula is C19H20N4O6. The Labute approximate surface area is 164 Å². The molecule has 0 atom stereocenters. The monoisotopic (exact) mass is 400 g/mol. The van der Waals surface area contributed by atoms with Gasteiger partial charge in [0.05, 0.1) is 30.9 Å². The summed E-state index contributed by atoms with van der Waals surface area (Å²) in [6, 6.07) is 5.86. The molecule has 0 aliphatic heterocycles. The first kappa shape index (κ1) is 19.9. The summed E-state index contributed by atoms with van der Waals surface area (Å²) in [5.41, 5.74) is -1.58. The van der Waals surface area contributed by atoms with Crippen molar-refractivity contribution in [3.8, 4) is 11.5 Å². The minimum atomic E-state index is -0.688. The number of rotatable bonds is 4. The third-order valence-electron chi connectivity index (χ3n) is 4.72. The van der Waals surface area contributed by atoms with Crippen molar-refractivity contribution >= 4 is 22.6 Å². The maximum Gasteiger partial charge on any atom is 0.332 e. The summed E-state index contributed by atoms with van der Waals surface area (Å²) in [4.78, 5) is 50.4. The molecule has 2 aromatic heterocycles. The molecule has 2 heterocycles. The van der Waals surface area contributed by atoms with Gasteiger partial charge in [-0.3, -0.25) is 28.1 Å². The van der Waals surface area contributed by atoms with Gasteiger partial charge in [0.2, 0.25) is 0 Å². The van der Waals surface area contributed by atoms with Gasteiger partial charge in [-0.1, -0.05) is 0 Å². The zero-order valence-corrected chi connectivity index (χ0v) is 16.6. The number of hydrogen-bond acceptors (Lipinski definition) is 6. The maximum atomic E-state index is 13.0. The van der Waals surface area contributed by atoms with E-state index in [1.54, 1.807) is 18.2 Å². The normalized spacial score (nSPS) is 10.8. The van der Waals surface area contributed by atoms with E-state index in [9.17, 15) is 19.2 Å². The fourth-order valence-corrected chi connectivity index (χ4v) is 3.13. The molecule has 1 amide bonds. The minimum absolute atomic E-state index is 0.0401. The van der Waals surface area contributed by atoms with Gasteiger partial charge in [-0.15, -0.1) is 0 Å². The van der Waals surface area contributed by atoms with Gasteiger partial charge in [0.15, 0.2) is 0 Å². The van der Waals surface area contributed by atoms with Gasteiger partial charge < -0.3 is 14.8 Å². The lowest BCUT2D eigenvalue weighted by molar-refractivity contribution is 0.102. The summed E-state index contributed by atoms with van der Waals surface area (Å²) in [7, 11) is 7.10. The lowest BCUT2D eigenvalue weighted by Gasteiger charge is -2.15. The highest BCUT2D eigenvalue weighted by atomic mass is 16.5. The Morgan fingerprint density at radius 2 is 1.62 bits per heavy atom. The molecule has 0 spiro atoms. The van der Waals surface area contributed by atoms with E-state index >= 15 is 0 Å². The van der Waals surface area contributed by atoms with Crippen molar-refractivity contribution in [3.63, 3.8) is 0 Å². The Kier molecular flexibility index (Phi) is 5.02. The smallest absolute Gasteiger partial charge is 0.332 e. The van der Waals surface area contributed by atoms with Crippen molar-refractivity contribution in [2.24, 2.45) is 21.1 Å². The van der Waals surface area contributed by atoms with Crippen LogP contribution in [0.3, 0.4) is 0 Å². The molecule has 10 nitrogen and oxygen atoms in total. The number of ether oxygens (including phenoxy) is 2. The van der Waals surface area contributed by atoms with Crippen LogP contribution in [-0.2, 0) is 21.1 Å². The van der Waals surface area contributed by atoms with E-state index in [1.165, 1.54) is 35.4 Å². The van der Waals surface area contributed by atoms with Crippen LogP contribution in [0.5, 0.6) is 11.5 Å². The van der Waals surface area contributed by atoms with E-state index in [0.29, 0.717) is 17.2 Å². The Bertz CT molecular complexity index is 1320. The van der Waals surface area contributed by atoms with Gasteiger partial charge >= 0.3 is 5.69 Å². The number of aryl methyl sites for hydroxylation is 2. The van der Waals surface area contributed by atoms with Crippen LogP contribution in [0.2, 0.25) is 0 Å². The van der Waals surface area contributed by atoms with Gasteiger partial charge in [0.25, 0.3) is 17.0 Å². The Balaban J connectivity index is 2.25. The second-order valence-corrected chi connectivity index (χ2v) is 6.38. The predicted octanol–water partition coefficient (Wildman–Crippen LogP) is 0.205. The number of nitrogens with one attached hydrogen (secondary N) is 1. The van der Waals surface area contributed by atoms with E-state index in [1.807, 2.05) is 0 Å². The molecule has 0 unspecified atom stereocenters. The Hall–Kier alpha value is -3.82. The Morgan fingerprint density at radius 3 is 2.24 bits per heavy atom. The number of aromatic nitrogens is 3. The molecular weight excluding hydrogens is 380 g/mol. The van der Waals surface area contributed by atoms with Crippen LogP contribution in [0, 0.1) is 0 Å². The molecule has 152 valence electrons. The van der Waals surface area contributed by atoms with Crippen molar-refractivity contribution in [3.05, 3.63) is 61.0 Å². The standard InChI is InChI=1S/C19H20N4O6/c1-21-14(24)9-11(15-17(21)22(2)19(27)23(3)18(15)26)16(25)20-12-7-6-10(28-4)8-13(12)29-5/h6-9H,1-5H3,(H,20,25). The lowest BCUT2D eigenvalue weighted by Crippen LogP contribution is -2.40. The molecule has 0 bridgehead atoms. The highest BCUT2D eigenvalue weighted by Crippen LogP contribution is 2.29. The van der Waals surface area contributed by atoms with E-state index in [2.05, 4.69) is 5.32 Å². The summed E-state index contributed by atoms with van der Waals surface area (Å²) in [6.45, 7) is 0. The SMILES string of the molecule is COc1ccc(NC(=O)c2cc(=O)n(C)c3c2c(=O)n(C)c(=O)n3C)c(OC)c1. The van der Waals surface area contributed by atoms with Crippen LogP contribution in [-0.4, -0.2) is 33.8 Å². The zero-order chi connectivity index (χ0) is 21.5. The summed E-state index contributed by atoms with van der Waals surface area (Å²) in [5.74, 6) is 0.181. The molecule has 1 N–H and O–H groups in total. The molecule has 10 heteroatoms. The number of hydrogen-bond donors (Lipinski definition) is 1. The molecule has 0 saturated heterocycles. The van der Waals surface area contributed by atoms with Crippen molar-refractivity contribution in [2.45, 2.75) is 0 Å². The van der Waals surface area contributed by atoms with Crippen molar-refractivity contribution in [1.82, 2.24) is 13.7 Å². The number of anilines is 1. The number of benzene rings is 1. The fourth-order valence-electron chi connectivity index (χ4n) is 3.13. The number of pyridine rings is 1. The zero-order valence-electron chi connectivity index (χ0n) is 16.6. The number of nitrogens with zero attached hydrogens (tertiary/aromatic N) is 3. The van der Waals surface area contributed by atoms with Crippen molar-refractivity contribution in [2.75, 3.05) is 19.5 Å². The number of carbonyl (C=O) groups excluding carboxylic acids is 1. The molecule has 0 aliphatic carbocycles. The fraction of sp³-hybridized carbons (Fsp3) is 0.263. The Morgan fingerprint density at radius 1 is 0.931 bits per heavy atom. The molecule has 0 aliphatic rings. The van der Waals surface area contributed by atoms with Crippen molar-refractivity contribution < 1.29 is 14.3 Å². The molecule has 0 fully saturated rings. The second kappa shape index (κ2) is 7.30. The first-order chi connectivity index (χ1) is 13.7. The van der Waals surface area contributed by atoms with Gasteiger partial charge in [-0.2, -0.15) is 0 Å². The summed E-state index contributed by atoms with van der Waals surface area (Å²) in [6.07, 6.45) is 0. The maximum absolute atomic E-state index is 13.0. The van der Waals surface area contributed by atoms with Gasteiger partial charge in [0.1, 0.15) is 17.1 Å². The summed E-state index contributed by atoms with van der Waals surface area (Å²) >= 11 is 0. The summed E-state index contributed by atoms with van der Waals surface area (Å²) in [5, 5.41) is 2.61. The van der Waals surface area contributed by atoms with E-state index < -0.39 is 22.7 Å². The number of carbonyl (C=O) groups is 1. The van der Waals surface area contributed by atoms with E-state index in [-0.39, 0.29) is 16.6 Å². The van der Waals surface area contributed by atoms with Gasteiger partial charge in [-0.25, -0.2) is 4.79 Å². The molecule has 0 radical (unpaired) electrons. The molecule has 0 saturated carbocycles. The number of amides is 1. The molecule has 3 aromatic rings. The average Bonchev–Trinajstić information content (AvgIpc) is 2.72. The van der Waals surface area contributed by atoms with Crippen LogP contribution < -0.4 is 31.6 Å². The quantitative estimate of drug-likeness (QED) is 0.670. The van der Waals surface area contributed by atoms with Crippen LogP contribution in [0.1, 0.15) is 10.4 Å². The van der Waals surface area contributed by atoms with E-state index in [4.69, 9.17) is 9.47 Å². The van der Waals surface area contributed by atoms with E-state index in [0.717, 1.165) is 19.8 Å². The molecule has 1 aromatic carbocycles.